The monoisotopic (exact) mass is 326 g/mol. The maximum Gasteiger partial charge on any atom is 0.161 e. The summed E-state index contributed by atoms with van der Waals surface area (Å²) in [6.45, 7) is 0.749. The van der Waals surface area contributed by atoms with Crippen LogP contribution >= 0.6 is 23.2 Å². The Morgan fingerprint density at radius 2 is 1.62 bits per heavy atom. The Labute approximate surface area is 134 Å². The first kappa shape index (κ1) is 15.8. The van der Waals surface area contributed by atoms with Crippen molar-refractivity contribution in [3.63, 3.8) is 0 Å². The molecule has 21 heavy (non-hydrogen) atoms. The molecule has 0 N–H and O–H groups in total. The van der Waals surface area contributed by atoms with Gasteiger partial charge in [-0.05, 0) is 18.2 Å². The fourth-order valence-corrected chi connectivity index (χ4v) is 2.31. The first-order chi connectivity index (χ1) is 10.3. The maximum atomic E-state index is 6.11. The minimum atomic E-state index is 0.350. The Morgan fingerprint density at radius 1 is 0.905 bits per heavy atom. The molecule has 0 unspecified atom stereocenters. The summed E-state index contributed by atoms with van der Waals surface area (Å²) in [4.78, 5) is 0. The second-order valence-electron chi connectivity index (χ2n) is 4.21. The molecule has 0 bridgehead atoms. The lowest BCUT2D eigenvalue weighted by Crippen LogP contribution is -2.10. The van der Waals surface area contributed by atoms with Crippen molar-refractivity contribution in [2.24, 2.45) is 0 Å². The lowest BCUT2D eigenvalue weighted by atomic mass is 10.2. The molecule has 0 saturated carbocycles. The summed E-state index contributed by atoms with van der Waals surface area (Å²) in [5.74, 6) is 2.33. The van der Waals surface area contributed by atoms with Crippen molar-refractivity contribution in [3.05, 3.63) is 53.1 Å². The van der Waals surface area contributed by atoms with Crippen LogP contribution in [0.5, 0.6) is 17.2 Å². The number of methoxy groups -OCH3 is 1. The van der Waals surface area contributed by atoms with E-state index < -0.39 is 0 Å². The van der Waals surface area contributed by atoms with Crippen LogP contribution in [0.4, 0.5) is 0 Å². The summed E-state index contributed by atoms with van der Waals surface area (Å²) >= 11 is 12.0. The van der Waals surface area contributed by atoms with E-state index in [0.717, 1.165) is 5.56 Å². The van der Waals surface area contributed by atoms with Gasteiger partial charge in [-0.25, -0.2) is 0 Å². The average Bonchev–Trinajstić information content (AvgIpc) is 2.52. The van der Waals surface area contributed by atoms with Gasteiger partial charge in [-0.2, -0.15) is 0 Å². The summed E-state index contributed by atoms with van der Waals surface area (Å²) < 4.78 is 16.5. The zero-order valence-corrected chi connectivity index (χ0v) is 13.2. The van der Waals surface area contributed by atoms with E-state index in [-0.39, 0.29) is 0 Å². The predicted molar refractivity (Wildman–Crippen MR) is 85.0 cm³/mol. The van der Waals surface area contributed by atoms with E-state index >= 15 is 0 Å². The molecule has 0 heterocycles. The van der Waals surface area contributed by atoms with Crippen LogP contribution in [0.15, 0.2) is 42.5 Å². The molecule has 5 heteroatoms. The van der Waals surface area contributed by atoms with Crippen LogP contribution in [0.3, 0.4) is 0 Å². The molecule has 0 aromatic heterocycles. The van der Waals surface area contributed by atoms with Gasteiger partial charge in [-0.15, -0.1) is 11.6 Å². The highest BCUT2D eigenvalue weighted by molar-refractivity contribution is 6.32. The van der Waals surface area contributed by atoms with Gasteiger partial charge in [0.2, 0.25) is 0 Å². The molecule has 0 radical (unpaired) electrons. The Kier molecular flexibility index (Phi) is 6.03. The Balaban J connectivity index is 1.91. The number of alkyl halides is 1. The van der Waals surface area contributed by atoms with Crippen LogP contribution in [-0.4, -0.2) is 20.3 Å². The van der Waals surface area contributed by atoms with Crippen LogP contribution in [0.1, 0.15) is 5.56 Å². The zero-order chi connectivity index (χ0) is 15.1. The molecule has 2 aromatic carbocycles. The topological polar surface area (TPSA) is 27.7 Å². The van der Waals surface area contributed by atoms with Gasteiger partial charge in [0.05, 0.1) is 18.0 Å². The quantitative estimate of drug-likeness (QED) is 0.552. The highest BCUT2D eigenvalue weighted by Gasteiger charge is 2.08. The van der Waals surface area contributed by atoms with E-state index in [2.05, 4.69) is 0 Å². The smallest absolute Gasteiger partial charge is 0.161 e. The molecular weight excluding hydrogens is 311 g/mol. The van der Waals surface area contributed by atoms with Crippen molar-refractivity contribution >= 4 is 23.2 Å². The van der Waals surface area contributed by atoms with Gasteiger partial charge >= 0.3 is 0 Å². The van der Waals surface area contributed by atoms with Gasteiger partial charge < -0.3 is 14.2 Å². The molecule has 0 atom stereocenters. The number of benzene rings is 2. The van der Waals surface area contributed by atoms with Gasteiger partial charge in [0, 0.05) is 5.56 Å². The molecule has 2 rings (SSSR count). The number of para-hydroxylation sites is 3. The molecule has 0 aliphatic carbocycles. The van der Waals surface area contributed by atoms with Crippen molar-refractivity contribution < 1.29 is 14.2 Å². The van der Waals surface area contributed by atoms with Crippen LogP contribution < -0.4 is 14.2 Å². The molecule has 0 aliphatic heterocycles. The predicted octanol–water partition coefficient (Wildman–Crippen LogP) is 4.55. The third-order valence-electron chi connectivity index (χ3n) is 2.85. The lowest BCUT2D eigenvalue weighted by Gasteiger charge is -2.13. The molecule has 0 fully saturated rings. The molecule has 0 amide bonds. The van der Waals surface area contributed by atoms with Gasteiger partial charge in [0.1, 0.15) is 19.0 Å². The van der Waals surface area contributed by atoms with Crippen molar-refractivity contribution in [2.75, 3.05) is 20.3 Å². The maximum absolute atomic E-state index is 6.11. The van der Waals surface area contributed by atoms with Crippen LogP contribution in [-0.2, 0) is 5.88 Å². The highest BCUT2D eigenvalue weighted by atomic mass is 35.5. The van der Waals surface area contributed by atoms with Crippen molar-refractivity contribution in [2.45, 2.75) is 5.88 Å². The second kappa shape index (κ2) is 8.01. The Hall–Kier alpha value is -1.58. The Bertz CT molecular complexity index is 587. The largest absolute Gasteiger partial charge is 0.493 e. The van der Waals surface area contributed by atoms with E-state index in [1.165, 1.54) is 0 Å². The van der Waals surface area contributed by atoms with Crippen LogP contribution in [0.2, 0.25) is 5.02 Å². The molecule has 0 saturated heterocycles. The fraction of sp³-hybridized carbons (Fsp3) is 0.250. The van der Waals surface area contributed by atoms with Gasteiger partial charge in [-0.3, -0.25) is 0 Å². The van der Waals surface area contributed by atoms with Crippen molar-refractivity contribution in [1.82, 2.24) is 0 Å². The van der Waals surface area contributed by atoms with Gasteiger partial charge in [0.15, 0.2) is 11.5 Å². The summed E-state index contributed by atoms with van der Waals surface area (Å²) in [5.41, 5.74) is 0.862. The lowest BCUT2D eigenvalue weighted by molar-refractivity contribution is 0.210. The normalized spacial score (nSPS) is 10.2. The van der Waals surface area contributed by atoms with E-state index in [4.69, 9.17) is 37.4 Å². The summed E-state index contributed by atoms with van der Waals surface area (Å²) in [6.07, 6.45) is 0. The number of halogens is 2. The minimum absolute atomic E-state index is 0.350. The highest BCUT2D eigenvalue weighted by Crippen LogP contribution is 2.30. The van der Waals surface area contributed by atoms with Gasteiger partial charge in [0.25, 0.3) is 0 Å². The molecule has 3 nitrogen and oxygen atoms in total. The van der Waals surface area contributed by atoms with E-state index in [1.54, 1.807) is 13.2 Å². The standard InChI is InChI=1S/C16H16Cl2O3/c1-19-14-7-2-3-8-15(14)20-9-10-21-16-12(11-17)5-4-6-13(16)18/h2-8H,9-11H2,1H3. The van der Waals surface area contributed by atoms with E-state index in [9.17, 15) is 0 Å². The molecule has 2 aromatic rings. The minimum Gasteiger partial charge on any atom is -0.493 e. The summed E-state index contributed by atoms with van der Waals surface area (Å²) in [7, 11) is 1.61. The third kappa shape index (κ3) is 4.19. The Morgan fingerprint density at radius 3 is 2.33 bits per heavy atom. The first-order valence-corrected chi connectivity index (χ1v) is 7.39. The number of ether oxygens (including phenoxy) is 3. The van der Waals surface area contributed by atoms with E-state index in [0.29, 0.717) is 41.4 Å². The second-order valence-corrected chi connectivity index (χ2v) is 4.88. The van der Waals surface area contributed by atoms with Crippen LogP contribution in [0.25, 0.3) is 0 Å². The number of hydrogen-bond acceptors (Lipinski definition) is 3. The first-order valence-electron chi connectivity index (χ1n) is 6.48. The third-order valence-corrected chi connectivity index (χ3v) is 3.43. The van der Waals surface area contributed by atoms with Crippen LogP contribution in [0, 0.1) is 0 Å². The van der Waals surface area contributed by atoms with Crippen molar-refractivity contribution in [1.29, 1.82) is 0 Å². The molecular formula is C16H16Cl2O3. The zero-order valence-electron chi connectivity index (χ0n) is 11.6. The summed E-state index contributed by atoms with van der Waals surface area (Å²) in [6, 6.07) is 13.0. The van der Waals surface area contributed by atoms with Gasteiger partial charge in [-0.1, -0.05) is 35.9 Å². The SMILES string of the molecule is COc1ccccc1OCCOc1c(Cl)cccc1CCl. The number of rotatable bonds is 7. The molecule has 0 spiro atoms. The average molecular weight is 327 g/mol. The van der Waals surface area contributed by atoms with E-state index in [1.807, 2.05) is 36.4 Å². The number of hydrogen-bond donors (Lipinski definition) is 0. The molecule has 0 aliphatic rings. The fourth-order valence-electron chi connectivity index (χ4n) is 1.85. The summed E-state index contributed by atoms with van der Waals surface area (Å²) in [5, 5.41) is 0.547. The molecule has 112 valence electrons. The van der Waals surface area contributed by atoms with Crippen molar-refractivity contribution in [3.8, 4) is 17.2 Å².